The molecule has 120 valence electrons. The molecule has 4 N–H and O–H groups in total. The largest absolute Gasteiger partial charge is 0.378 e. The molecule has 1 aromatic heterocycles. The van der Waals surface area contributed by atoms with E-state index in [0.717, 1.165) is 37.7 Å². The summed E-state index contributed by atoms with van der Waals surface area (Å²) in [5.41, 5.74) is 10.8. The van der Waals surface area contributed by atoms with Crippen LogP contribution in [0.4, 0.5) is 5.69 Å². The Labute approximate surface area is 134 Å². The van der Waals surface area contributed by atoms with Crippen LogP contribution in [0.2, 0.25) is 0 Å². The van der Waals surface area contributed by atoms with Crippen LogP contribution < -0.4 is 16.1 Å². The van der Waals surface area contributed by atoms with Crippen LogP contribution in [0.3, 0.4) is 0 Å². The summed E-state index contributed by atoms with van der Waals surface area (Å²) < 4.78 is 7.41. The lowest BCUT2D eigenvalue weighted by Gasteiger charge is -2.29. The minimum atomic E-state index is -0.186. The summed E-state index contributed by atoms with van der Waals surface area (Å²) in [5.74, 6) is -0.186. The van der Waals surface area contributed by atoms with E-state index in [9.17, 15) is 0 Å². The van der Waals surface area contributed by atoms with Crippen molar-refractivity contribution in [3.05, 3.63) is 48.3 Å². The van der Waals surface area contributed by atoms with Gasteiger partial charge in [-0.3, -0.25) is 5.41 Å². The molecule has 0 spiro atoms. The van der Waals surface area contributed by atoms with Crippen molar-refractivity contribution in [2.24, 2.45) is 10.8 Å². The van der Waals surface area contributed by atoms with Crippen molar-refractivity contribution in [1.82, 2.24) is 9.99 Å². The lowest BCUT2D eigenvalue weighted by Crippen LogP contribution is -2.36. The van der Waals surface area contributed by atoms with Crippen molar-refractivity contribution in [1.29, 1.82) is 5.41 Å². The molecule has 1 fully saturated rings. The maximum Gasteiger partial charge on any atom is 0.206 e. The molecule has 2 aromatic rings. The summed E-state index contributed by atoms with van der Waals surface area (Å²) in [5, 5.41) is 11.0. The van der Waals surface area contributed by atoms with E-state index in [2.05, 4.69) is 39.7 Å². The molecule has 7 heteroatoms. The van der Waals surface area contributed by atoms with Gasteiger partial charge in [-0.2, -0.15) is 5.10 Å². The summed E-state index contributed by atoms with van der Waals surface area (Å²) in [6.45, 7) is 3.42. The van der Waals surface area contributed by atoms with Gasteiger partial charge in [-0.15, -0.1) is 0 Å². The van der Waals surface area contributed by atoms with Crippen molar-refractivity contribution < 1.29 is 4.74 Å². The Bertz CT molecular complexity index is 685. The minimum Gasteiger partial charge on any atom is -0.378 e. The van der Waals surface area contributed by atoms with Crippen LogP contribution >= 0.6 is 0 Å². The zero-order chi connectivity index (χ0) is 16.1. The highest BCUT2D eigenvalue weighted by molar-refractivity contribution is 5.81. The third-order valence-electron chi connectivity index (χ3n) is 3.67. The van der Waals surface area contributed by atoms with E-state index < -0.39 is 0 Å². The van der Waals surface area contributed by atoms with Crippen LogP contribution in [0.25, 0.3) is 5.69 Å². The number of nitrogens with zero attached hydrogens (tertiary/aromatic N) is 3. The van der Waals surface area contributed by atoms with Gasteiger partial charge in [-0.25, -0.2) is 5.43 Å². The summed E-state index contributed by atoms with van der Waals surface area (Å²) in [6.07, 6.45) is 3.61. The lowest BCUT2D eigenvalue weighted by atomic mass is 10.2. The molecule has 1 saturated heterocycles. The van der Waals surface area contributed by atoms with E-state index in [1.165, 1.54) is 5.69 Å². The maximum absolute atomic E-state index is 7.09. The van der Waals surface area contributed by atoms with E-state index in [0.29, 0.717) is 0 Å². The van der Waals surface area contributed by atoms with Crippen LogP contribution in [0, 0.1) is 5.41 Å². The van der Waals surface area contributed by atoms with Gasteiger partial charge in [0.25, 0.3) is 0 Å². The number of rotatable bonds is 4. The number of anilines is 1. The first-order chi connectivity index (χ1) is 11.2. The van der Waals surface area contributed by atoms with Crippen LogP contribution in [0.1, 0.15) is 5.69 Å². The molecule has 1 aliphatic rings. The van der Waals surface area contributed by atoms with Crippen LogP contribution in [-0.2, 0) is 4.74 Å². The third kappa shape index (κ3) is 3.70. The van der Waals surface area contributed by atoms with Crippen LogP contribution in [-0.4, -0.2) is 43.0 Å². The molecule has 0 bridgehead atoms. The molecule has 23 heavy (non-hydrogen) atoms. The SMILES string of the molecule is N=C(N)NN=Cc1cccn1-c1ccc(N2CCOCC2)cc1. The first kappa shape index (κ1) is 15.1. The Morgan fingerprint density at radius 3 is 2.57 bits per heavy atom. The number of morpholine rings is 1. The van der Waals surface area contributed by atoms with E-state index in [4.69, 9.17) is 15.9 Å². The summed E-state index contributed by atoms with van der Waals surface area (Å²) >= 11 is 0. The van der Waals surface area contributed by atoms with E-state index in [1.54, 1.807) is 6.21 Å². The van der Waals surface area contributed by atoms with Gasteiger partial charge in [-0.1, -0.05) is 0 Å². The Kier molecular flexibility index (Phi) is 4.58. The van der Waals surface area contributed by atoms with Crippen molar-refractivity contribution in [2.45, 2.75) is 0 Å². The molecule has 0 saturated carbocycles. The number of hydrazone groups is 1. The van der Waals surface area contributed by atoms with Gasteiger partial charge in [0.15, 0.2) is 0 Å². The smallest absolute Gasteiger partial charge is 0.206 e. The number of guanidine groups is 1. The molecule has 1 aliphatic heterocycles. The van der Waals surface area contributed by atoms with Gasteiger partial charge in [0.2, 0.25) is 5.96 Å². The van der Waals surface area contributed by atoms with Gasteiger partial charge < -0.3 is 19.9 Å². The van der Waals surface area contributed by atoms with Crippen molar-refractivity contribution >= 4 is 17.9 Å². The molecule has 0 atom stereocenters. The van der Waals surface area contributed by atoms with Crippen LogP contribution in [0.15, 0.2) is 47.7 Å². The highest BCUT2D eigenvalue weighted by Crippen LogP contribution is 2.19. The molecule has 1 aromatic carbocycles. The predicted octanol–water partition coefficient (Wildman–Crippen LogP) is 1.13. The van der Waals surface area contributed by atoms with E-state index >= 15 is 0 Å². The summed E-state index contributed by atoms with van der Waals surface area (Å²) in [7, 11) is 0. The second-order valence-electron chi connectivity index (χ2n) is 5.20. The first-order valence-corrected chi connectivity index (χ1v) is 7.47. The van der Waals surface area contributed by atoms with Crippen molar-refractivity contribution in [3.63, 3.8) is 0 Å². The standard InChI is InChI=1S/C16H20N6O/c17-16(18)20-19-12-15-2-1-7-22(15)14-5-3-13(4-6-14)21-8-10-23-11-9-21/h1-7,12H,8-11H2,(H4,17,18,20). The Morgan fingerprint density at radius 2 is 1.87 bits per heavy atom. The summed E-state index contributed by atoms with van der Waals surface area (Å²) in [6, 6.07) is 12.3. The number of benzene rings is 1. The van der Waals surface area contributed by atoms with Gasteiger partial charge in [-0.05, 0) is 36.4 Å². The molecular formula is C16H20N6O. The molecular weight excluding hydrogens is 292 g/mol. The molecule has 0 radical (unpaired) electrons. The normalized spacial score (nSPS) is 15.0. The average molecular weight is 312 g/mol. The second-order valence-corrected chi connectivity index (χ2v) is 5.20. The molecule has 3 rings (SSSR count). The minimum absolute atomic E-state index is 0.186. The maximum atomic E-state index is 7.09. The monoisotopic (exact) mass is 312 g/mol. The fourth-order valence-corrected chi connectivity index (χ4v) is 2.55. The molecule has 0 unspecified atom stereocenters. The number of ether oxygens (including phenoxy) is 1. The quantitative estimate of drug-likeness (QED) is 0.448. The molecule has 7 nitrogen and oxygen atoms in total. The zero-order valence-corrected chi connectivity index (χ0v) is 12.8. The molecule has 0 amide bonds. The van der Waals surface area contributed by atoms with E-state index in [1.807, 2.05) is 22.9 Å². The zero-order valence-electron chi connectivity index (χ0n) is 12.8. The topological polar surface area (TPSA) is 91.7 Å². The summed E-state index contributed by atoms with van der Waals surface area (Å²) in [4.78, 5) is 2.32. The average Bonchev–Trinajstić information content (AvgIpc) is 3.04. The Balaban J connectivity index is 1.76. The highest BCUT2D eigenvalue weighted by Gasteiger charge is 2.11. The van der Waals surface area contributed by atoms with Crippen LogP contribution in [0.5, 0.6) is 0 Å². The highest BCUT2D eigenvalue weighted by atomic mass is 16.5. The third-order valence-corrected chi connectivity index (χ3v) is 3.67. The van der Waals surface area contributed by atoms with Gasteiger partial charge in [0, 0.05) is 30.7 Å². The molecule has 2 heterocycles. The fraction of sp³-hybridized carbons (Fsp3) is 0.250. The Morgan fingerprint density at radius 1 is 1.17 bits per heavy atom. The van der Waals surface area contributed by atoms with Gasteiger partial charge in [0.05, 0.1) is 25.1 Å². The number of hydrogen-bond acceptors (Lipinski definition) is 4. The first-order valence-electron chi connectivity index (χ1n) is 7.47. The predicted molar refractivity (Wildman–Crippen MR) is 91.4 cm³/mol. The number of nitrogens with one attached hydrogen (secondary N) is 2. The van der Waals surface area contributed by atoms with E-state index in [-0.39, 0.29) is 5.96 Å². The second kappa shape index (κ2) is 6.97. The van der Waals surface area contributed by atoms with Crippen molar-refractivity contribution in [3.8, 4) is 5.69 Å². The lowest BCUT2D eigenvalue weighted by molar-refractivity contribution is 0.122. The number of hydrogen-bond donors (Lipinski definition) is 3. The number of nitrogens with two attached hydrogens (primary N) is 1. The molecule has 0 aliphatic carbocycles. The Hall–Kier alpha value is -2.80. The van der Waals surface area contributed by atoms with Crippen molar-refractivity contribution in [2.75, 3.05) is 31.2 Å². The van der Waals surface area contributed by atoms with Gasteiger partial charge >= 0.3 is 0 Å². The van der Waals surface area contributed by atoms with Gasteiger partial charge in [0.1, 0.15) is 0 Å². The fourth-order valence-electron chi connectivity index (χ4n) is 2.55. The number of aromatic nitrogens is 1.